The number of hydrogen-bond donors (Lipinski definition) is 2. The van der Waals surface area contributed by atoms with Crippen LogP contribution in [0.5, 0.6) is 0 Å². The van der Waals surface area contributed by atoms with Gasteiger partial charge in [-0.15, -0.1) is 0 Å². The van der Waals surface area contributed by atoms with E-state index < -0.39 is 0 Å². The van der Waals surface area contributed by atoms with Crippen LogP contribution >= 0.6 is 0 Å². The fourth-order valence-electron chi connectivity index (χ4n) is 3.65. The Morgan fingerprint density at radius 3 is 2.30 bits per heavy atom. The van der Waals surface area contributed by atoms with Crippen LogP contribution in [0.4, 0.5) is 5.69 Å². The van der Waals surface area contributed by atoms with Gasteiger partial charge in [-0.1, -0.05) is 24.3 Å². The molecule has 2 N–H and O–H groups in total. The number of amides is 2. The molecule has 1 aromatic heterocycles. The van der Waals surface area contributed by atoms with Crippen molar-refractivity contribution in [1.82, 2.24) is 10.2 Å². The normalized spacial score (nSPS) is 13.9. The Morgan fingerprint density at radius 1 is 0.867 bits per heavy atom. The summed E-state index contributed by atoms with van der Waals surface area (Å²) in [5.41, 5.74) is 3.54. The molecule has 0 radical (unpaired) electrons. The van der Waals surface area contributed by atoms with Crippen molar-refractivity contribution in [3.8, 4) is 0 Å². The summed E-state index contributed by atoms with van der Waals surface area (Å²) in [7, 11) is 0. The molecule has 2 amide bonds. The van der Waals surface area contributed by atoms with Gasteiger partial charge in [-0.05, 0) is 73.5 Å². The average Bonchev–Trinajstić information content (AvgIpc) is 3.48. The largest absolute Gasteiger partial charge is 0.459 e. The molecule has 6 nitrogen and oxygen atoms in total. The Hall–Kier alpha value is -3.38. The lowest BCUT2D eigenvalue weighted by Gasteiger charge is -2.17. The summed E-state index contributed by atoms with van der Waals surface area (Å²) in [6.07, 6.45) is 3.97. The van der Waals surface area contributed by atoms with Crippen LogP contribution in [-0.2, 0) is 13.1 Å². The highest BCUT2D eigenvalue weighted by molar-refractivity contribution is 6.02. The molecule has 6 heteroatoms. The average molecular weight is 403 g/mol. The zero-order valence-electron chi connectivity index (χ0n) is 16.8. The van der Waals surface area contributed by atoms with Gasteiger partial charge in [-0.2, -0.15) is 0 Å². The van der Waals surface area contributed by atoms with Gasteiger partial charge in [0.15, 0.2) is 5.76 Å². The highest BCUT2D eigenvalue weighted by Crippen LogP contribution is 2.17. The maximum Gasteiger partial charge on any atom is 0.291 e. The molecule has 3 aromatic rings. The van der Waals surface area contributed by atoms with Crippen LogP contribution in [0.15, 0.2) is 71.3 Å². The third-order valence-corrected chi connectivity index (χ3v) is 5.30. The van der Waals surface area contributed by atoms with Crippen molar-refractivity contribution < 1.29 is 14.0 Å². The van der Waals surface area contributed by atoms with Crippen LogP contribution in [0, 0.1) is 0 Å². The van der Waals surface area contributed by atoms with E-state index in [-0.39, 0.29) is 17.6 Å². The fraction of sp³-hybridized carbons (Fsp3) is 0.250. The lowest BCUT2D eigenvalue weighted by molar-refractivity contribution is 0.0950. The molecule has 30 heavy (non-hydrogen) atoms. The van der Waals surface area contributed by atoms with Crippen LogP contribution in [0.25, 0.3) is 0 Å². The van der Waals surface area contributed by atoms with Crippen LogP contribution in [-0.4, -0.2) is 29.8 Å². The van der Waals surface area contributed by atoms with Gasteiger partial charge < -0.3 is 15.1 Å². The van der Waals surface area contributed by atoms with Crippen molar-refractivity contribution in [3.05, 3.63) is 89.4 Å². The van der Waals surface area contributed by atoms with Crippen molar-refractivity contribution in [3.63, 3.8) is 0 Å². The second-order valence-electron chi connectivity index (χ2n) is 7.44. The molecule has 0 atom stereocenters. The summed E-state index contributed by atoms with van der Waals surface area (Å²) in [6, 6.07) is 18.3. The number of likely N-dealkylation sites (tertiary alicyclic amines) is 1. The quantitative estimate of drug-likeness (QED) is 0.624. The number of carbonyl (C=O) groups is 2. The van der Waals surface area contributed by atoms with Crippen molar-refractivity contribution in [2.24, 2.45) is 0 Å². The van der Waals surface area contributed by atoms with Crippen molar-refractivity contribution >= 4 is 17.5 Å². The van der Waals surface area contributed by atoms with Gasteiger partial charge in [0, 0.05) is 24.3 Å². The maximum atomic E-state index is 12.6. The lowest BCUT2D eigenvalue weighted by Crippen LogP contribution is -2.25. The third-order valence-electron chi connectivity index (χ3n) is 5.30. The van der Waals surface area contributed by atoms with E-state index in [9.17, 15) is 9.59 Å². The van der Waals surface area contributed by atoms with E-state index in [1.807, 2.05) is 12.1 Å². The molecule has 1 aliphatic heterocycles. The van der Waals surface area contributed by atoms with Crippen molar-refractivity contribution in [2.75, 3.05) is 18.4 Å². The van der Waals surface area contributed by atoms with Gasteiger partial charge in [0.25, 0.3) is 11.8 Å². The first-order chi connectivity index (χ1) is 14.7. The number of furan rings is 1. The van der Waals surface area contributed by atoms with Gasteiger partial charge in [0.2, 0.25) is 0 Å². The summed E-state index contributed by atoms with van der Waals surface area (Å²) < 4.78 is 5.08. The highest BCUT2D eigenvalue weighted by atomic mass is 16.3. The van der Waals surface area contributed by atoms with E-state index in [0.717, 1.165) is 25.2 Å². The molecule has 2 heterocycles. The van der Waals surface area contributed by atoms with Crippen molar-refractivity contribution in [1.29, 1.82) is 0 Å². The van der Waals surface area contributed by atoms with Crippen LogP contribution in [0.2, 0.25) is 0 Å². The predicted octanol–water partition coefficient (Wildman–Crippen LogP) is 4.06. The number of benzene rings is 2. The number of carbonyl (C=O) groups excluding carboxylic acids is 2. The van der Waals surface area contributed by atoms with Gasteiger partial charge in [0.05, 0.1) is 6.26 Å². The Balaban J connectivity index is 1.34. The molecule has 4 rings (SSSR count). The molecule has 0 bridgehead atoms. The Kier molecular flexibility index (Phi) is 6.25. The Labute approximate surface area is 175 Å². The third kappa shape index (κ3) is 4.96. The second kappa shape index (κ2) is 9.41. The Morgan fingerprint density at radius 2 is 1.60 bits per heavy atom. The topological polar surface area (TPSA) is 74.6 Å². The smallest absolute Gasteiger partial charge is 0.291 e. The number of rotatable bonds is 7. The van der Waals surface area contributed by atoms with E-state index in [4.69, 9.17) is 4.42 Å². The molecule has 1 fully saturated rings. The zero-order valence-corrected chi connectivity index (χ0v) is 16.8. The van der Waals surface area contributed by atoms with Crippen molar-refractivity contribution in [2.45, 2.75) is 25.9 Å². The molecule has 0 aliphatic carbocycles. The Bertz CT molecular complexity index is 991. The monoisotopic (exact) mass is 403 g/mol. The standard InChI is InChI=1S/C24H25N3O3/c28-23(18-9-11-21(12-10-18)26-24(29)22-8-5-15-30-22)25-16-19-6-1-2-7-20(19)17-27-13-3-4-14-27/h1-2,5-12,15H,3-4,13-14,16-17H2,(H,25,28)(H,26,29). The van der Waals surface area contributed by atoms with Gasteiger partial charge in [0.1, 0.15) is 0 Å². The number of anilines is 1. The van der Waals surface area contributed by atoms with Gasteiger partial charge in [-0.3, -0.25) is 14.5 Å². The van der Waals surface area contributed by atoms with E-state index in [2.05, 4.69) is 27.7 Å². The van der Waals surface area contributed by atoms with E-state index in [0.29, 0.717) is 17.8 Å². The molecule has 0 unspecified atom stereocenters. The first kappa shape index (κ1) is 19.9. The second-order valence-corrected chi connectivity index (χ2v) is 7.44. The van der Waals surface area contributed by atoms with E-state index >= 15 is 0 Å². The van der Waals surface area contributed by atoms with E-state index in [1.165, 1.54) is 24.7 Å². The van der Waals surface area contributed by atoms with Gasteiger partial charge in [-0.25, -0.2) is 0 Å². The van der Waals surface area contributed by atoms with E-state index in [1.54, 1.807) is 36.4 Å². The zero-order chi connectivity index (χ0) is 20.8. The van der Waals surface area contributed by atoms with Crippen LogP contribution < -0.4 is 10.6 Å². The lowest BCUT2D eigenvalue weighted by atomic mass is 10.1. The first-order valence-electron chi connectivity index (χ1n) is 10.2. The molecule has 2 aromatic carbocycles. The van der Waals surface area contributed by atoms with Gasteiger partial charge >= 0.3 is 0 Å². The first-order valence-corrected chi connectivity index (χ1v) is 10.2. The highest BCUT2D eigenvalue weighted by Gasteiger charge is 2.14. The minimum absolute atomic E-state index is 0.144. The minimum atomic E-state index is -0.327. The summed E-state index contributed by atoms with van der Waals surface area (Å²) in [5, 5.41) is 5.74. The number of nitrogens with zero attached hydrogens (tertiary/aromatic N) is 1. The molecule has 0 saturated carbocycles. The number of hydrogen-bond acceptors (Lipinski definition) is 4. The minimum Gasteiger partial charge on any atom is -0.459 e. The van der Waals surface area contributed by atoms with Crippen LogP contribution in [0.3, 0.4) is 0 Å². The SMILES string of the molecule is O=C(NCc1ccccc1CN1CCCC1)c1ccc(NC(=O)c2ccco2)cc1. The molecule has 154 valence electrons. The summed E-state index contributed by atoms with van der Waals surface area (Å²) in [5.74, 6) is -0.230. The molecular weight excluding hydrogens is 378 g/mol. The maximum absolute atomic E-state index is 12.6. The summed E-state index contributed by atoms with van der Waals surface area (Å²) >= 11 is 0. The summed E-state index contributed by atoms with van der Waals surface area (Å²) in [6.45, 7) is 3.70. The van der Waals surface area contributed by atoms with Crippen LogP contribution in [0.1, 0.15) is 44.9 Å². The molecule has 1 saturated heterocycles. The molecular formula is C24H25N3O3. The summed E-state index contributed by atoms with van der Waals surface area (Å²) in [4.78, 5) is 27.0. The predicted molar refractivity (Wildman–Crippen MR) is 115 cm³/mol. The molecule has 1 aliphatic rings. The number of nitrogens with one attached hydrogen (secondary N) is 2. The molecule has 0 spiro atoms. The fourth-order valence-corrected chi connectivity index (χ4v) is 3.65.